The Morgan fingerprint density at radius 2 is 2.16 bits per heavy atom. The van der Waals surface area contributed by atoms with Crippen molar-refractivity contribution in [2.75, 3.05) is 6.61 Å². The molecule has 0 N–H and O–H groups in total. The van der Waals surface area contributed by atoms with E-state index in [1.54, 1.807) is 24.3 Å². The number of ether oxygens (including phenoxy) is 1. The first kappa shape index (κ1) is 13.6. The van der Waals surface area contributed by atoms with Gasteiger partial charge < -0.3 is 4.74 Å². The van der Waals surface area contributed by atoms with Crippen LogP contribution in [0.1, 0.15) is 22.6 Å². The van der Waals surface area contributed by atoms with Crippen LogP contribution < -0.4 is 4.74 Å². The largest absolute Gasteiger partial charge is 0.493 e. The van der Waals surface area contributed by atoms with Gasteiger partial charge in [0.1, 0.15) is 5.75 Å². The lowest BCUT2D eigenvalue weighted by molar-refractivity contribution is 0.0862. The summed E-state index contributed by atoms with van der Waals surface area (Å²) in [6.07, 6.45) is 0.272. The molecule has 1 heterocycles. The van der Waals surface area contributed by atoms with Gasteiger partial charge >= 0.3 is 0 Å². The van der Waals surface area contributed by atoms with E-state index >= 15 is 0 Å². The Bertz CT molecular complexity index is 593. The van der Waals surface area contributed by atoms with Crippen molar-refractivity contribution in [1.82, 2.24) is 9.78 Å². The van der Waals surface area contributed by atoms with Gasteiger partial charge in [-0.3, -0.25) is 4.79 Å². The minimum Gasteiger partial charge on any atom is -0.493 e. The molecule has 2 aromatic rings. The first-order valence-electron chi connectivity index (χ1n) is 6.01. The van der Waals surface area contributed by atoms with Crippen LogP contribution in [0.3, 0.4) is 0 Å². The normalized spacial score (nSPS) is 10.5. The molecule has 0 aliphatic rings. The van der Waals surface area contributed by atoms with Crippen molar-refractivity contribution in [3.63, 3.8) is 0 Å². The Morgan fingerprint density at radius 1 is 1.37 bits per heavy atom. The number of nitrogens with zero attached hydrogens (tertiary/aromatic N) is 2. The summed E-state index contributed by atoms with van der Waals surface area (Å²) in [6, 6.07) is 8.97. The van der Waals surface area contributed by atoms with E-state index in [2.05, 4.69) is 5.10 Å². The van der Waals surface area contributed by atoms with E-state index in [9.17, 15) is 4.79 Å². The molecule has 0 saturated heterocycles. The van der Waals surface area contributed by atoms with E-state index in [1.165, 1.54) is 4.68 Å². The van der Waals surface area contributed by atoms with Gasteiger partial charge in [-0.2, -0.15) is 5.10 Å². The zero-order valence-corrected chi connectivity index (χ0v) is 11.6. The molecule has 1 aromatic heterocycles. The predicted molar refractivity (Wildman–Crippen MR) is 73.9 cm³/mol. The number of carbonyl (C=O) groups excluding carboxylic acids is 1. The van der Waals surface area contributed by atoms with Crippen LogP contribution in [0, 0.1) is 13.8 Å². The maximum Gasteiger partial charge on any atom is 0.250 e. The maximum atomic E-state index is 11.9. The number of halogens is 1. The van der Waals surface area contributed by atoms with Crippen LogP contribution in [-0.2, 0) is 0 Å². The lowest BCUT2D eigenvalue weighted by atomic mass is 10.3. The van der Waals surface area contributed by atoms with Gasteiger partial charge in [0.2, 0.25) is 0 Å². The van der Waals surface area contributed by atoms with E-state index in [-0.39, 0.29) is 12.3 Å². The van der Waals surface area contributed by atoms with Crippen LogP contribution in [0.2, 0.25) is 5.02 Å². The van der Waals surface area contributed by atoms with Gasteiger partial charge in [-0.15, -0.1) is 0 Å². The molecule has 0 bridgehead atoms. The van der Waals surface area contributed by atoms with Crippen LogP contribution >= 0.6 is 11.6 Å². The first-order valence-corrected chi connectivity index (χ1v) is 6.39. The van der Waals surface area contributed by atoms with Gasteiger partial charge in [0.15, 0.2) is 0 Å². The Hall–Kier alpha value is -1.81. The standard InChI is InChI=1S/C14H15ClN2O2/c1-10-8-11(2)17(16-10)14(18)6-7-19-13-5-3-4-12(15)9-13/h3-5,8-9H,6-7H2,1-2H3. The molecular weight excluding hydrogens is 264 g/mol. The number of aromatic nitrogens is 2. The third kappa shape index (κ3) is 3.58. The van der Waals surface area contributed by atoms with E-state index < -0.39 is 0 Å². The van der Waals surface area contributed by atoms with Crippen molar-refractivity contribution >= 4 is 17.5 Å². The zero-order valence-electron chi connectivity index (χ0n) is 10.9. The van der Waals surface area contributed by atoms with Gasteiger partial charge in [0, 0.05) is 10.7 Å². The van der Waals surface area contributed by atoms with Crippen molar-refractivity contribution in [2.45, 2.75) is 20.3 Å². The fourth-order valence-electron chi connectivity index (χ4n) is 1.80. The Kier molecular flexibility index (Phi) is 4.22. The maximum absolute atomic E-state index is 11.9. The van der Waals surface area contributed by atoms with E-state index in [1.807, 2.05) is 19.9 Å². The van der Waals surface area contributed by atoms with Crippen molar-refractivity contribution in [3.05, 3.63) is 46.7 Å². The summed E-state index contributed by atoms with van der Waals surface area (Å²) in [6.45, 7) is 4.02. The van der Waals surface area contributed by atoms with Crippen molar-refractivity contribution in [1.29, 1.82) is 0 Å². The fraction of sp³-hybridized carbons (Fsp3) is 0.286. The molecule has 0 aliphatic heterocycles. The second kappa shape index (κ2) is 5.89. The van der Waals surface area contributed by atoms with E-state index in [0.29, 0.717) is 17.4 Å². The SMILES string of the molecule is Cc1cc(C)n(C(=O)CCOc2cccc(Cl)c2)n1. The zero-order chi connectivity index (χ0) is 13.8. The summed E-state index contributed by atoms with van der Waals surface area (Å²) in [4.78, 5) is 11.9. The van der Waals surface area contributed by atoms with Crippen LogP contribution in [0.15, 0.2) is 30.3 Å². The number of benzene rings is 1. The highest BCUT2D eigenvalue weighted by Crippen LogP contribution is 2.17. The van der Waals surface area contributed by atoms with Crippen LogP contribution in [0.4, 0.5) is 0 Å². The summed E-state index contributed by atoms with van der Waals surface area (Å²) in [5, 5.41) is 4.75. The van der Waals surface area contributed by atoms with Crippen LogP contribution in [0.5, 0.6) is 5.75 Å². The molecule has 0 spiro atoms. The van der Waals surface area contributed by atoms with Crippen LogP contribution in [0.25, 0.3) is 0 Å². The van der Waals surface area contributed by atoms with Crippen molar-refractivity contribution < 1.29 is 9.53 Å². The highest BCUT2D eigenvalue weighted by Gasteiger charge is 2.10. The summed E-state index contributed by atoms with van der Waals surface area (Å²) in [5.74, 6) is 0.585. The van der Waals surface area contributed by atoms with Gasteiger partial charge in [0.25, 0.3) is 5.91 Å². The lowest BCUT2D eigenvalue weighted by Gasteiger charge is -2.06. The molecule has 5 heteroatoms. The molecule has 0 amide bonds. The Balaban J connectivity index is 1.89. The molecule has 0 radical (unpaired) electrons. The summed E-state index contributed by atoms with van der Waals surface area (Å²) >= 11 is 5.84. The monoisotopic (exact) mass is 278 g/mol. The average molecular weight is 279 g/mol. The minimum absolute atomic E-state index is 0.0763. The molecule has 0 unspecified atom stereocenters. The quantitative estimate of drug-likeness (QED) is 0.862. The molecule has 2 rings (SSSR count). The van der Waals surface area contributed by atoms with Gasteiger partial charge in [-0.25, -0.2) is 4.68 Å². The second-order valence-electron chi connectivity index (χ2n) is 4.29. The second-order valence-corrected chi connectivity index (χ2v) is 4.72. The molecule has 0 aliphatic carbocycles. The highest BCUT2D eigenvalue weighted by molar-refractivity contribution is 6.30. The third-order valence-electron chi connectivity index (χ3n) is 2.63. The van der Waals surface area contributed by atoms with Gasteiger partial charge in [0.05, 0.1) is 18.7 Å². The van der Waals surface area contributed by atoms with E-state index in [4.69, 9.17) is 16.3 Å². The fourth-order valence-corrected chi connectivity index (χ4v) is 1.98. The number of aryl methyl sites for hydroxylation is 2. The Labute approximate surface area is 116 Å². The molecule has 19 heavy (non-hydrogen) atoms. The first-order chi connectivity index (χ1) is 9.06. The molecule has 1 aromatic carbocycles. The molecular formula is C14H15ClN2O2. The molecule has 0 atom stereocenters. The Morgan fingerprint density at radius 3 is 2.79 bits per heavy atom. The highest BCUT2D eigenvalue weighted by atomic mass is 35.5. The van der Waals surface area contributed by atoms with Gasteiger partial charge in [-0.1, -0.05) is 17.7 Å². The summed E-state index contributed by atoms with van der Waals surface area (Å²) in [7, 11) is 0. The lowest BCUT2D eigenvalue weighted by Crippen LogP contribution is -2.17. The molecule has 4 nitrogen and oxygen atoms in total. The molecule has 0 saturated carbocycles. The third-order valence-corrected chi connectivity index (χ3v) is 2.86. The van der Waals surface area contributed by atoms with Crippen LogP contribution in [-0.4, -0.2) is 22.3 Å². The molecule has 0 fully saturated rings. The van der Waals surface area contributed by atoms with Crippen molar-refractivity contribution in [3.8, 4) is 5.75 Å². The minimum atomic E-state index is -0.0763. The van der Waals surface area contributed by atoms with Gasteiger partial charge in [-0.05, 0) is 38.1 Å². The number of carbonyl (C=O) groups is 1. The average Bonchev–Trinajstić information content (AvgIpc) is 2.68. The smallest absolute Gasteiger partial charge is 0.250 e. The number of hydrogen-bond acceptors (Lipinski definition) is 3. The summed E-state index contributed by atoms with van der Waals surface area (Å²) < 4.78 is 6.89. The number of hydrogen-bond donors (Lipinski definition) is 0. The molecule has 100 valence electrons. The van der Waals surface area contributed by atoms with E-state index in [0.717, 1.165) is 11.4 Å². The predicted octanol–water partition coefficient (Wildman–Crippen LogP) is 3.26. The summed E-state index contributed by atoms with van der Waals surface area (Å²) in [5.41, 5.74) is 1.67. The topological polar surface area (TPSA) is 44.1 Å². The van der Waals surface area contributed by atoms with Crippen molar-refractivity contribution in [2.24, 2.45) is 0 Å². The number of rotatable bonds is 4.